The minimum atomic E-state index is -0.617. The number of halogens is 1. The number of aromatic nitrogens is 2. The fourth-order valence-electron chi connectivity index (χ4n) is 1.10. The summed E-state index contributed by atoms with van der Waals surface area (Å²) in [6.45, 7) is 0.537. The lowest BCUT2D eigenvalue weighted by molar-refractivity contribution is -0.389. The van der Waals surface area contributed by atoms with Crippen LogP contribution in [0.25, 0.3) is 0 Å². The predicted octanol–water partition coefficient (Wildman–Crippen LogP) is 2.14. The summed E-state index contributed by atoms with van der Waals surface area (Å²) < 4.78 is 1.43. The van der Waals surface area contributed by atoms with Crippen molar-refractivity contribution in [1.29, 1.82) is 5.26 Å². The third-order valence-corrected chi connectivity index (χ3v) is 2.06. The zero-order valence-electron chi connectivity index (χ0n) is 7.89. The molecule has 0 aliphatic heterocycles. The van der Waals surface area contributed by atoms with Crippen LogP contribution in [0.4, 0.5) is 5.82 Å². The van der Waals surface area contributed by atoms with Crippen molar-refractivity contribution >= 4 is 17.4 Å². The maximum absolute atomic E-state index is 10.4. The van der Waals surface area contributed by atoms with Crippen LogP contribution in [0.1, 0.15) is 19.3 Å². The van der Waals surface area contributed by atoms with Crippen LogP contribution in [-0.4, -0.2) is 14.7 Å². The van der Waals surface area contributed by atoms with Gasteiger partial charge in [-0.3, -0.25) is 0 Å². The number of nitriles is 1. The molecule has 1 heterocycles. The van der Waals surface area contributed by atoms with Gasteiger partial charge in [0.25, 0.3) is 0 Å². The molecule has 0 saturated carbocycles. The fraction of sp³-hybridized carbons (Fsp3) is 0.500. The van der Waals surface area contributed by atoms with E-state index in [-0.39, 0.29) is 10.8 Å². The highest BCUT2D eigenvalue weighted by atomic mass is 35.5. The monoisotopic (exact) mass is 228 g/mol. The van der Waals surface area contributed by atoms with Gasteiger partial charge in [-0.15, -0.1) is 0 Å². The molecule has 80 valence electrons. The van der Waals surface area contributed by atoms with Crippen LogP contribution in [0, 0.1) is 21.4 Å². The molecule has 15 heavy (non-hydrogen) atoms. The van der Waals surface area contributed by atoms with Gasteiger partial charge in [-0.2, -0.15) is 9.94 Å². The van der Waals surface area contributed by atoms with Crippen molar-refractivity contribution in [2.75, 3.05) is 0 Å². The fourth-order valence-corrected chi connectivity index (χ4v) is 1.32. The van der Waals surface area contributed by atoms with E-state index in [4.69, 9.17) is 16.9 Å². The second-order valence-electron chi connectivity index (χ2n) is 2.94. The van der Waals surface area contributed by atoms with Gasteiger partial charge in [-0.1, -0.05) is 11.6 Å². The van der Waals surface area contributed by atoms with Gasteiger partial charge in [0, 0.05) is 6.42 Å². The van der Waals surface area contributed by atoms with Crippen molar-refractivity contribution in [3.05, 3.63) is 21.3 Å². The van der Waals surface area contributed by atoms with Crippen LogP contribution >= 0.6 is 11.6 Å². The molecule has 0 amide bonds. The zero-order valence-corrected chi connectivity index (χ0v) is 8.65. The van der Waals surface area contributed by atoms with E-state index < -0.39 is 4.92 Å². The van der Waals surface area contributed by atoms with Crippen molar-refractivity contribution < 1.29 is 4.92 Å². The van der Waals surface area contributed by atoms with Gasteiger partial charge in [0.15, 0.2) is 5.02 Å². The Hall–Kier alpha value is -1.61. The third-order valence-electron chi connectivity index (χ3n) is 1.80. The number of hydrogen-bond acceptors (Lipinski definition) is 4. The summed E-state index contributed by atoms with van der Waals surface area (Å²) in [5.74, 6) is -0.322. The van der Waals surface area contributed by atoms with Gasteiger partial charge in [0.05, 0.1) is 23.9 Å². The predicted molar refractivity (Wildman–Crippen MR) is 53.4 cm³/mol. The first-order valence-corrected chi connectivity index (χ1v) is 4.77. The minimum Gasteiger partial charge on any atom is -0.358 e. The Morgan fingerprint density at radius 2 is 2.40 bits per heavy atom. The Labute approximate surface area is 91.2 Å². The first-order chi connectivity index (χ1) is 7.15. The van der Waals surface area contributed by atoms with E-state index >= 15 is 0 Å². The Bertz CT molecular complexity index is 396. The maximum atomic E-state index is 10.4. The number of nitrogens with zero attached hydrogens (tertiary/aromatic N) is 4. The summed E-state index contributed by atoms with van der Waals surface area (Å²) in [6.07, 6.45) is 3.41. The summed E-state index contributed by atoms with van der Waals surface area (Å²) in [6, 6.07) is 2.02. The van der Waals surface area contributed by atoms with E-state index in [1.165, 1.54) is 10.9 Å². The average molecular weight is 229 g/mol. The minimum absolute atomic E-state index is 0.0419. The molecule has 0 aromatic carbocycles. The molecular weight excluding hydrogens is 220 g/mol. The molecule has 0 atom stereocenters. The number of unbranched alkanes of at least 4 members (excludes halogenated alkanes) is 2. The van der Waals surface area contributed by atoms with Gasteiger partial charge in [-0.05, 0) is 17.8 Å². The third kappa shape index (κ3) is 3.22. The second-order valence-corrected chi connectivity index (χ2v) is 3.34. The molecule has 0 N–H and O–H groups in total. The van der Waals surface area contributed by atoms with Crippen molar-refractivity contribution in [2.24, 2.45) is 0 Å². The lowest BCUT2D eigenvalue weighted by Crippen LogP contribution is -1.99. The Balaban J connectivity index is 2.53. The number of hydrogen-bond donors (Lipinski definition) is 0. The summed E-state index contributed by atoms with van der Waals surface area (Å²) in [7, 11) is 0. The van der Waals surface area contributed by atoms with E-state index in [1.54, 1.807) is 0 Å². The van der Waals surface area contributed by atoms with Crippen LogP contribution in [0.3, 0.4) is 0 Å². The van der Waals surface area contributed by atoms with Crippen molar-refractivity contribution in [1.82, 2.24) is 9.78 Å². The van der Waals surface area contributed by atoms with E-state index in [1.807, 2.05) is 6.07 Å². The molecule has 1 aromatic heterocycles. The van der Waals surface area contributed by atoms with Gasteiger partial charge in [-0.25, -0.2) is 0 Å². The number of nitro groups is 1. The topological polar surface area (TPSA) is 84.8 Å². The molecule has 0 unspecified atom stereocenters. The molecule has 0 spiro atoms. The van der Waals surface area contributed by atoms with E-state index in [0.717, 1.165) is 12.8 Å². The standard InChI is InChI=1S/C8H9ClN4O2/c9-7-6-12(5-3-1-2-4-10)11-8(7)13(14)15/h6H,1-3,5H2. The van der Waals surface area contributed by atoms with E-state index in [2.05, 4.69) is 5.10 Å². The second kappa shape index (κ2) is 5.32. The Kier molecular flexibility index (Phi) is 4.06. The molecular formula is C8H9ClN4O2. The van der Waals surface area contributed by atoms with Crippen molar-refractivity contribution in [3.63, 3.8) is 0 Å². The van der Waals surface area contributed by atoms with Gasteiger partial charge in [0.2, 0.25) is 0 Å². The molecule has 0 bridgehead atoms. The zero-order chi connectivity index (χ0) is 11.3. The molecule has 0 radical (unpaired) electrons. The van der Waals surface area contributed by atoms with Crippen molar-refractivity contribution in [3.8, 4) is 6.07 Å². The Morgan fingerprint density at radius 1 is 1.67 bits per heavy atom. The van der Waals surface area contributed by atoms with Crippen molar-refractivity contribution in [2.45, 2.75) is 25.8 Å². The van der Waals surface area contributed by atoms with E-state index in [0.29, 0.717) is 13.0 Å². The highest BCUT2D eigenvalue weighted by molar-refractivity contribution is 6.32. The highest BCUT2D eigenvalue weighted by Crippen LogP contribution is 2.21. The highest BCUT2D eigenvalue weighted by Gasteiger charge is 2.18. The molecule has 7 heteroatoms. The number of rotatable bonds is 5. The normalized spacial score (nSPS) is 9.87. The largest absolute Gasteiger partial charge is 0.408 e. The first kappa shape index (κ1) is 11.5. The van der Waals surface area contributed by atoms with Crippen LogP contribution in [0.2, 0.25) is 5.02 Å². The lowest BCUT2D eigenvalue weighted by Gasteiger charge is -1.93. The number of aryl methyl sites for hydroxylation is 1. The lowest BCUT2D eigenvalue weighted by atomic mass is 10.2. The van der Waals surface area contributed by atoms with Crippen LogP contribution < -0.4 is 0 Å². The van der Waals surface area contributed by atoms with E-state index in [9.17, 15) is 10.1 Å². The molecule has 1 aromatic rings. The van der Waals surface area contributed by atoms with Crippen LogP contribution in [0.5, 0.6) is 0 Å². The average Bonchev–Trinajstić information content (AvgIpc) is 2.55. The van der Waals surface area contributed by atoms with Gasteiger partial charge >= 0.3 is 5.82 Å². The van der Waals surface area contributed by atoms with Crippen LogP contribution in [0.15, 0.2) is 6.20 Å². The smallest absolute Gasteiger partial charge is 0.358 e. The van der Waals surface area contributed by atoms with Gasteiger partial charge in [0.1, 0.15) is 0 Å². The first-order valence-electron chi connectivity index (χ1n) is 4.39. The summed E-state index contributed by atoms with van der Waals surface area (Å²) in [5, 5.41) is 22.5. The SMILES string of the molecule is N#CCCCCn1cc(Cl)c([N+](=O)[O-])n1. The summed E-state index contributed by atoms with van der Waals surface area (Å²) >= 11 is 5.60. The summed E-state index contributed by atoms with van der Waals surface area (Å²) in [4.78, 5) is 9.80. The molecule has 1 rings (SSSR count). The molecule has 0 saturated heterocycles. The van der Waals surface area contributed by atoms with Gasteiger partial charge < -0.3 is 10.1 Å². The quantitative estimate of drug-likeness (QED) is 0.439. The molecule has 0 fully saturated rings. The Morgan fingerprint density at radius 3 is 2.93 bits per heavy atom. The maximum Gasteiger partial charge on any atom is 0.408 e. The molecule has 0 aliphatic carbocycles. The summed E-state index contributed by atoms with van der Waals surface area (Å²) in [5.41, 5.74) is 0. The van der Waals surface area contributed by atoms with Crippen LogP contribution in [-0.2, 0) is 6.54 Å². The molecule has 6 nitrogen and oxygen atoms in total. The molecule has 0 aliphatic rings.